The Morgan fingerprint density at radius 1 is 0.903 bits per heavy atom. The van der Waals surface area contributed by atoms with Crippen molar-refractivity contribution in [2.75, 3.05) is 10.2 Å². The fourth-order valence-electron chi connectivity index (χ4n) is 5.82. The van der Waals surface area contributed by atoms with Crippen LogP contribution in [-0.2, 0) is 9.59 Å². The molecule has 1 aromatic heterocycles. The number of nitrogens with one attached hydrogen (secondary N) is 1. The topological polar surface area (TPSA) is 79.4 Å². The molecule has 1 saturated heterocycles. The fraction of sp³-hybridized carbons (Fsp3) is 0.280. The minimum atomic E-state index is -0.265. The molecule has 6 rings (SSSR count). The van der Waals surface area contributed by atoms with Gasteiger partial charge in [0, 0.05) is 17.1 Å². The summed E-state index contributed by atoms with van der Waals surface area (Å²) in [6.45, 7) is 0. The molecule has 3 amide bonds. The number of hydrogen-bond donors (Lipinski definition) is 1. The number of para-hydroxylation sites is 1. The molecule has 3 aliphatic rings. The first kappa shape index (κ1) is 18.2. The van der Waals surface area contributed by atoms with Crippen molar-refractivity contribution in [2.45, 2.75) is 19.3 Å². The molecular formula is C25H21N3O3. The van der Waals surface area contributed by atoms with Crippen molar-refractivity contribution in [3.8, 4) is 0 Å². The van der Waals surface area contributed by atoms with E-state index in [4.69, 9.17) is 0 Å². The molecule has 6 heteroatoms. The van der Waals surface area contributed by atoms with E-state index in [1.165, 1.54) is 4.90 Å². The van der Waals surface area contributed by atoms with Crippen molar-refractivity contribution in [3.63, 3.8) is 0 Å². The van der Waals surface area contributed by atoms with Gasteiger partial charge in [-0.3, -0.25) is 24.3 Å². The Kier molecular flexibility index (Phi) is 3.96. The van der Waals surface area contributed by atoms with Crippen LogP contribution in [0.1, 0.15) is 29.6 Å². The minimum absolute atomic E-state index is 0.0683. The van der Waals surface area contributed by atoms with Crippen molar-refractivity contribution in [3.05, 3.63) is 66.4 Å². The maximum atomic E-state index is 13.0. The number of hydrogen-bond acceptors (Lipinski definition) is 4. The van der Waals surface area contributed by atoms with Crippen LogP contribution in [0.15, 0.2) is 60.8 Å². The van der Waals surface area contributed by atoms with Gasteiger partial charge in [0.25, 0.3) is 5.91 Å². The Morgan fingerprint density at radius 2 is 1.58 bits per heavy atom. The predicted molar refractivity (Wildman–Crippen MR) is 116 cm³/mol. The van der Waals surface area contributed by atoms with Crippen molar-refractivity contribution >= 4 is 40.0 Å². The second kappa shape index (κ2) is 6.74. The third-order valence-electron chi connectivity index (χ3n) is 7.20. The van der Waals surface area contributed by atoms with E-state index in [2.05, 4.69) is 10.3 Å². The molecule has 0 unspecified atom stereocenters. The summed E-state index contributed by atoms with van der Waals surface area (Å²) in [4.78, 5) is 44.5. The van der Waals surface area contributed by atoms with Gasteiger partial charge in [-0.2, -0.15) is 0 Å². The van der Waals surface area contributed by atoms with Gasteiger partial charge in [-0.1, -0.05) is 18.2 Å². The first-order chi connectivity index (χ1) is 15.1. The van der Waals surface area contributed by atoms with E-state index in [1.807, 2.05) is 30.3 Å². The average Bonchev–Trinajstić information content (AvgIpc) is 3.48. The number of carbonyl (C=O) groups excluding carboxylic acids is 3. The highest BCUT2D eigenvalue weighted by Gasteiger charge is 2.61. The summed E-state index contributed by atoms with van der Waals surface area (Å²) >= 11 is 0. The molecule has 0 radical (unpaired) electrons. The molecule has 1 N–H and O–H groups in total. The molecule has 4 atom stereocenters. The summed E-state index contributed by atoms with van der Waals surface area (Å²) in [5, 5.41) is 3.86. The van der Waals surface area contributed by atoms with E-state index in [0.717, 1.165) is 30.2 Å². The van der Waals surface area contributed by atoms with Crippen molar-refractivity contribution < 1.29 is 14.4 Å². The van der Waals surface area contributed by atoms with E-state index >= 15 is 0 Å². The van der Waals surface area contributed by atoms with Gasteiger partial charge in [0.15, 0.2) is 0 Å². The third kappa shape index (κ3) is 2.71. The Hall–Kier alpha value is -3.54. The number of rotatable bonds is 3. The normalized spacial score (nSPS) is 26.5. The number of aromatic nitrogens is 1. The number of anilines is 2. The minimum Gasteiger partial charge on any atom is -0.320 e. The Bertz CT molecular complexity index is 1200. The molecule has 31 heavy (non-hydrogen) atoms. The largest absolute Gasteiger partial charge is 0.320 e. The SMILES string of the molecule is O=C(Nc1cccc2cccnc12)c1ccc(N2C(=O)[C@@H]3[C@H]4CC[C@H](C4)[C@@H]3C2=O)cc1. The molecule has 2 heterocycles. The lowest BCUT2D eigenvalue weighted by Crippen LogP contribution is -2.32. The number of benzene rings is 2. The molecular weight excluding hydrogens is 390 g/mol. The van der Waals surface area contributed by atoms with E-state index < -0.39 is 0 Å². The highest BCUT2D eigenvalue weighted by atomic mass is 16.2. The number of carbonyl (C=O) groups is 3. The molecule has 3 fully saturated rings. The van der Waals surface area contributed by atoms with Crippen LogP contribution in [0.5, 0.6) is 0 Å². The average molecular weight is 411 g/mol. The molecule has 1 aliphatic heterocycles. The lowest BCUT2D eigenvalue weighted by Gasteiger charge is -2.19. The van der Waals surface area contributed by atoms with Crippen LogP contribution in [0.4, 0.5) is 11.4 Å². The number of pyridine rings is 1. The van der Waals surface area contributed by atoms with Crippen LogP contribution < -0.4 is 10.2 Å². The zero-order chi connectivity index (χ0) is 21.1. The smallest absolute Gasteiger partial charge is 0.255 e. The molecule has 2 saturated carbocycles. The summed E-state index contributed by atoms with van der Waals surface area (Å²) in [6.07, 6.45) is 4.82. The van der Waals surface area contributed by atoms with Gasteiger partial charge in [-0.15, -0.1) is 0 Å². The maximum absolute atomic E-state index is 13.0. The van der Waals surface area contributed by atoms with Crippen molar-refractivity contribution in [1.82, 2.24) is 4.98 Å². The molecule has 154 valence electrons. The van der Waals surface area contributed by atoms with Gasteiger partial charge < -0.3 is 5.32 Å². The summed E-state index contributed by atoms with van der Waals surface area (Å²) in [5.74, 6) is 0.0222. The number of nitrogens with zero attached hydrogens (tertiary/aromatic N) is 2. The van der Waals surface area contributed by atoms with Crippen molar-refractivity contribution in [1.29, 1.82) is 0 Å². The number of amides is 3. The summed E-state index contributed by atoms with van der Waals surface area (Å²) < 4.78 is 0. The quantitative estimate of drug-likeness (QED) is 0.660. The van der Waals surface area contributed by atoms with E-state index in [1.54, 1.807) is 30.5 Å². The Balaban J connectivity index is 1.24. The van der Waals surface area contributed by atoms with Gasteiger partial charge in [0.1, 0.15) is 0 Å². The first-order valence-electron chi connectivity index (χ1n) is 10.7. The Morgan fingerprint density at radius 3 is 2.29 bits per heavy atom. The summed E-state index contributed by atoms with van der Waals surface area (Å²) in [5.41, 5.74) is 2.37. The highest BCUT2D eigenvalue weighted by molar-refractivity contribution is 6.22. The van der Waals surface area contributed by atoms with Gasteiger partial charge in [0.2, 0.25) is 11.8 Å². The monoisotopic (exact) mass is 411 g/mol. The van der Waals surface area contributed by atoms with E-state index in [0.29, 0.717) is 28.8 Å². The highest BCUT2D eigenvalue weighted by Crippen LogP contribution is 2.56. The molecule has 2 bridgehead atoms. The standard InChI is InChI=1S/C25H21N3O3/c29-23(27-19-5-1-3-14-4-2-12-26-22(14)19)15-8-10-18(11-9-15)28-24(30)20-16-6-7-17(13-16)21(20)25(28)31/h1-5,8-12,16-17,20-21H,6-7,13H2,(H,27,29)/t16-,17+,20+,21-. The zero-order valence-corrected chi connectivity index (χ0v) is 16.8. The maximum Gasteiger partial charge on any atom is 0.255 e. The van der Waals surface area contributed by atoms with Gasteiger partial charge >= 0.3 is 0 Å². The second-order valence-electron chi connectivity index (χ2n) is 8.78. The van der Waals surface area contributed by atoms with Crippen LogP contribution >= 0.6 is 0 Å². The third-order valence-corrected chi connectivity index (χ3v) is 7.20. The van der Waals surface area contributed by atoms with Crippen LogP contribution in [0.2, 0.25) is 0 Å². The summed E-state index contributed by atoms with van der Waals surface area (Å²) in [7, 11) is 0. The lowest BCUT2D eigenvalue weighted by atomic mass is 9.81. The second-order valence-corrected chi connectivity index (χ2v) is 8.78. The van der Waals surface area contributed by atoms with E-state index in [-0.39, 0.29) is 29.6 Å². The fourth-order valence-corrected chi connectivity index (χ4v) is 5.82. The van der Waals surface area contributed by atoms with Gasteiger partial charge in [-0.25, -0.2) is 0 Å². The van der Waals surface area contributed by atoms with Crippen LogP contribution in [0, 0.1) is 23.7 Å². The van der Waals surface area contributed by atoms with Crippen LogP contribution in [0.25, 0.3) is 10.9 Å². The van der Waals surface area contributed by atoms with Gasteiger partial charge in [0.05, 0.1) is 28.7 Å². The summed E-state index contributed by atoms with van der Waals surface area (Å²) in [6, 6.07) is 16.1. The van der Waals surface area contributed by atoms with Crippen LogP contribution in [-0.4, -0.2) is 22.7 Å². The Labute approximate surface area is 179 Å². The molecule has 6 nitrogen and oxygen atoms in total. The first-order valence-corrected chi connectivity index (χ1v) is 10.7. The van der Waals surface area contributed by atoms with Gasteiger partial charge in [-0.05, 0) is 67.5 Å². The number of fused-ring (bicyclic) bond motifs is 6. The molecule has 2 aromatic carbocycles. The lowest BCUT2D eigenvalue weighted by molar-refractivity contribution is -0.123. The molecule has 0 spiro atoms. The van der Waals surface area contributed by atoms with E-state index in [9.17, 15) is 14.4 Å². The molecule has 2 aliphatic carbocycles. The zero-order valence-electron chi connectivity index (χ0n) is 16.8. The van der Waals surface area contributed by atoms with Crippen LogP contribution in [0.3, 0.4) is 0 Å². The van der Waals surface area contributed by atoms with Crippen molar-refractivity contribution in [2.24, 2.45) is 23.7 Å². The number of imide groups is 1. The molecule has 3 aromatic rings. The predicted octanol–water partition coefficient (Wildman–Crippen LogP) is 4.02.